The molecule has 3 aromatic rings. The number of rotatable bonds is 6. The number of ether oxygens (including phenoxy) is 2. The molecule has 1 N–H and O–H groups in total. The zero-order valence-corrected chi connectivity index (χ0v) is 18.4. The van der Waals surface area contributed by atoms with E-state index in [-0.39, 0.29) is 17.9 Å². The highest BCUT2D eigenvalue weighted by molar-refractivity contribution is 6.08. The van der Waals surface area contributed by atoms with E-state index >= 15 is 0 Å². The molecule has 4 rings (SSSR count). The van der Waals surface area contributed by atoms with E-state index in [1.54, 1.807) is 56.7 Å². The number of nitrogens with one attached hydrogen (secondary N) is 1. The first-order chi connectivity index (χ1) is 15.5. The zero-order chi connectivity index (χ0) is 22.7. The molecule has 0 spiro atoms. The van der Waals surface area contributed by atoms with Gasteiger partial charge in [0.2, 0.25) is 0 Å². The van der Waals surface area contributed by atoms with Crippen molar-refractivity contribution in [2.24, 2.45) is 0 Å². The van der Waals surface area contributed by atoms with Crippen molar-refractivity contribution in [2.45, 2.75) is 25.9 Å². The topological polar surface area (TPSA) is 67.9 Å². The van der Waals surface area contributed by atoms with Crippen LogP contribution in [0.2, 0.25) is 0 Å². The Balaban J connectivity index is 1.52. The number of para-hydroxylation sites is 1. The van der Waals surface area contributed by atoms with Gasteiger partial charge in [-0.2, -0.15) is 0 Å². The van der Waals surface area contributed by atoms with E-state index in [0.29, 0.717) is 29.2 Å². The Morgan fingerprint density at radius 2 is 1.75 bits per heavy atom. The van der Waals surface area contributed by atoms with Gasteiger partial charge in [0.25, 0.3) is 11.8 Å². The van der Waals surface area contributed by atoms with Crippen LogP contribution in [0.15, 0.2) is 66.7 Å². The van der Waals surface area contributed by atoms with Gasteiger partial charge in [-0.05, 0) is 66.9 Å². The second-order valence-electron chi connectivity index (χ2n) is 7.80. The Kier molecular flexibility index (Phi) is 6.12. The monoisotopic (exact) mass is 430 g/mol. The summed E-state index contributed by atoms with van der Waals surface area (Å²) in [6.07, 6.45) is 0.797. The molecule has 0 aliphatic carbocycles. The molecular weight excluding hydrogens is 404 g/mol. The number of hydrogen-bond donors (Lipinski definition) is 1. The van der Waals surface area contributed by atoms with Crippen molar-refractivity contribution in [2.75, 3.05) is 19.1 Å². The molecule has 1 aliphatic rings. The van der Waals surface area contributed by atoms with Gasteiger partial charge in [-0.3, -0.25) is 9.59 Å². The van der Waals surface area contributed by atoms with Crippen LogP contribution in [0.5, 0.6) is 11.5 Å². The lowest BCUT2D eigenvalue weighted by atomic mass is 10.1. The molecule has 0 saturated heterocycles. The summed E-state index contributed by atoms with van der Waals surface area (Å²) in [4.78, 5) is 27.7. The molecule has 6 heteroatoms. The van der Waals surface area contributed by atoms with E-state index in [2.05, 4.69) is 5.32 Å². The highest BCUT2D eigenvalue weighted by atomic mass is 16.5. The van der Waals surface area contributed by atoms with Crippen molar-refractivity contribution in [1.29, 1.82) is 0 Å². The molecule has 0 radical (unpaired) electrons. The minimum absolute atomic E-state index is 0.0471. The summed E-state index contributed by atoms with van der Waals surface area (Å²) in [5.74, 6) is 0.991. The summed E-state index contributed by atoms with van der Waals surface area (Å²) < 4.78 is 10.5. The van der Waals surface area contributed by atoms with Crippen molar-refractivity contribution in [1.82, 2.24) is 5.32 Å². The molecular formula is C26H26N2O4. The molecule has 6 nitrogen and oxygen atoms in total. The van der Waals surface area contributed by atoms with Crippen molar-refractivity contribution in [3.8, 4) is 11.5 Å². The molecule has 0 fully saturated rings. The summed E-state index contributed by atoms with van der Waals surface area (Å²) in [5.41, 5.74) is 4.04. The highest BCUT2D eigenvalue weighted by Gasteiger charge is 2.31. The summed E-state index contributed by atoms with van der Waals surface area (Å²) in [5, 5.41) is 2.94. The first-order valence-electron chi connectivity index (χ1n) is 10.5. The average molecular weight is 431 g/mol. The van der Waals surface area contributed by atoms with Crippen LogP contribution in [-0.4, -0.2) is 32.1 Å². The lowest BCUT2D eigenvalue weighted by Gasteiger charge is -2.23. The maximum absolute atomic E-state index is 13.3. The van der Waals surface area contributed by atoms with Crippen molar-refractivity contribution in [3.05, 3.63) is 89.0 Å². The van der Waals surface area contributed by atoms with Gasteiger partial charge in [0.05, 0.1) is 19.8 Å². The van der Waals surface area contributed by atoms with Crippen LogP contribution in [0.3, 0.4) is 0 Å². The largest absolute Gasteiger partial charge is 0.497 e. The van der Waals surface area contributed by atoms with E-state index in [0.717, 1.165) is 23.2 Å². The molecule has 3 aromatic carbocycles. The number of amides is 2. The Bertz CT molecular complexity index is 1140. The van der Waals surface area contributed by atoms with Gasteiger partial charge in [-0.25, -0.2) is 0 Å². The zero-order valence-electron chi connectivity index (χ0n) is 18.4. The van der Waals surface area contributed by atoms with Crippen LogP contribution in [0.25, 0.3) is 0 Å². The third kappa shape index (κ3) is 4.17. The Hall–Kier alpha value is -3.80. The fourth-order valence-corrected chi connectivity index (χ4v) is 4.06. The predicted octanol–water partition coefficient (Wildman–Crippen LogP) is 4.23. The standard InChI is InChI=1S/C26H26N2O4/c1-17-14-20-9-8-18(16-27-25(29)22-6-4-5-7-24(22)32-3)15-23(20)28(17)26(30)19-10-12-21(31-2)13-11-19/h4-13,15,17H,14,16H2,1-3H3,(H,27,29)/t17-/m0/s1. The molecule has 164 valence electrons. The van der Waals surface area contributed by atoms with Crippen molar-refractivity contribution >= 4 is 17.5 Å². The van der Waals surface area contributed by atoms with Gasteiger partial charge in [-0.15, -0.1) is 0 Å². The number of hydrogen-bond acceptors (Lipinski definition) is 4. The molecule has 2 amide bonds. The molecule has 1 aliphatic heterocycles. The molecule has 1 heterocycles. The Morgan fingerprint density at radius 3 is 2.47 bits per heavy atom. The van der Waals surface area contributed by atoms with Crippen molar-refractivity contribution in [3.63, 3.8) is 0 Å². The highest BCUT2D eigenvalue weighted by Crippen LogP contribution is 2.34. The molecule has 0 aromatic heterocycles. The second-order valence-corrected chi connectivity index (χ2v) is 7.80. The van der Waals surface area contributed by atoms with Gasteiger partial charge >= 0.3 is 0 Å². The van der Waals surface area contributed by atoms with E-state index in [1.807, 2.05) is 36.1 Å². The number of nitrogens with zero attached hydrogens (tertiary/aromatic N) is 1. The van der Waals surface area contributed by atoms with Crippen LogP contribution < -0.4 is 19.7 Å². The quantitative estimate of drug-likeness (QED) is 0.636. The summed E-state index contributed by atoms with van der Waals surface area (Å²) in [6.45, 7) is 2.40. The first kappa shape index (κ1) is 21.4. The van der Waals surface area contributed by atoms with E-state index in [9.17, 15) is 9.59 Å². The number of fused-ring (bicyclic) bond motifs is 1. The third-order valence-corrected chi connectivity index (χ3v) is 5.73. The summed E-state index contributed by atoms with van der Waals surface area (Å²) >= 11 is 0. The number of anilines is 1. The normalized spacial score (nSPS) is 14.6. The minimum Gasteiger partial charge on any atom is -0.497 e. The summed E-state index contributed by atoms with van der Waals surface area (Å²) in [7, 11) is 3.14. The van der Waals surface area contributed by atoms with Gasteiger partial charge in [-0.1, -0.05) is 24.3 Å². The first-order valence-corrected chi connectivity index (χ1v) is 10.5. The predicted molar refractivity (Wildman–Crippen MR) is 124 cm³/mol. The summed E-state index contributed by atoms with van der Waals surface area (Å²) in [6, 6.07) is 20.3. The maximum Gasteiger partial charge on any atom is 0.258 e. The number of carbonyl (C=O) groups excluding carboxylic acids is 2. The maximum atomic E-state index is 13.3. The minimum atomic E-state index is -0.206. The van der Waals surface area contributed by atoms with Crippen LogP contribution in [-0.2, 0) is 13.0 Å². The number of carbonyl (C=O) groups is 2. The van der Waals surface area contributed by atoms with Gasteiger partial charge < -0.3 is 19.7 Å². The fraction of sp³-hybridized carbons (Fsp3) is 0.231. The molecule has 1 atom stereocenters. The second kappa shape index (κ2) is 9.14. The molecule has 0 bridgehead atoms. The lowest BCUT2D eigenvalue weighted by Crippen LogP contribution is -2.35. The Morgan fingerprint density at radius 1 is 1.00 bits per heavy atom. The van der Waals surface area contributed by atoms with Gasteiger partial charge in [0.15, 0.2) is 0 Å². The SMILES string of the molecule is COc1ccc(C(=O)N2c3cc(CNC(=O)c4ccccc4OC)ccc3C[C@@H]2C)cc1. The lowest BCUT2D eigenvalue weighted by molar-refractivity contribution is 0.0945. The van der Waals surface area contributed by atoms with Crippen molar-refractivity contribution < 1.29 is 19.1 Å². The number of methoxy groups -OCH3 is 2. The van der Waals surface area contributed by atoms with Crippen LogP contribution in [0.4, 0.5) is 5.69 Å². The van der Waals surface area contributed by atoms with E-state index in [1.165, 1.54) is 0 Å². The smallest absolute Gasteiger partial charge is 0.258 e. The number of benzene rings is 3. The van der Waals surface area contributed by atoms with E-state index < -0.39 is 0 Å². The molecule has 32 heavy (non-hydrogen) atoms. The average Bonchev–Trinajstić information content (AvgIpc) is 3.16. The van der Waals surface area contributed by atoms with Gasteiger partial charge in [0.1, 0.15) is 11.5 Å². The van der Waals surface area contributed by atoms with Crippen LogP contribution >= 0.6 is 0 Å². The third-order valence-electron chi connectivity index (χ3n) is 5.73. The van der Waals surface area contributed by atoms with Crippen LogP contribution in [0, 0.1) is 0 Å². The fourth-order valence-electron chi connectivity index (χ4n) is 4.06. The van der Waals surface area contributed by atoms with Gasteiger partial charge in [0, 0.05) is 23.8 Å². The van der Waals surface area contributed by atoms with E-state index in [4.69, 9.17) is 9.47 Å². The Labute approximate surface area is 187 Å². The van der Waals surface area contributed by atoms with Crippen LogP contribution in [0.1, 0.15) is 38.8 Å². The molecule has 0 saturated carbocycles. The molecule has 0 unspecified atom stereocenters.